The lowest BCUT2D eigenvalue weighted by Crippen LogP contribution is -2.39. The van der Waals surface area contributed by atoms with Gasteiger partial charge in [0, 0.05) is 25.5 Å². The summed E-state index contributed by atoms with van der Waals surface area (Å²) in [6.07, 6.45) is 4.28. The van der Waals surface area contributed by atoms with Gasteiger partial charge >= 0.3 is 5.69 Å². The predicted molar refractivity (Wildman–Crippen MR) is 82.6 cm³/mol. The standard InChI is InChI=1S/C13H19BrN4O2/c1-3-7-17-9-15-11-10(17)12(19)18(8-5-4-6-14)13(20)16(11)2/h9H,3-8H2,1-2H3. The molecule has 0 unspecified atom stereocenters. The van der Waals surface area contributed by atoms with Crippen LogP contribution in [0.5, 0.6) is 0 Å². The summed E-state index contributed by atoms with van der Waals surface area (Å²) in [5.41, 5.74) is 0.459. The number of rotatable bonds is 6. The molecule has 2 rings (SSSR count). The van der Waals surface area contributed by atoms with Gasteiger partial charge in [0.2, 0.25) is 0 Å². The van der Waals surface area contributed by atoms with Crippen molar-refractivity contribution in [1.29, 1.82) is 0 Å². The number of unbranched alkanes of at least 4 members (excludes halogenated alkanes) is 1. The molecule has 0 aromatic carbocycles. The number of imidazole rings is 1. The molecule has 0 atom stereocenters. The van der Waals surface area contributed by atoms with Gasteiger partial charge in [-0.15, -0.1) is 0 Å². The summed E-state index contributed by atoms with van der Waals surface area (Å²) in [5, 5.41) is 0.873. The van der Waals surface area contributed by atoms with Crippen LogP contribution in [-0.4, -0.2) is 24.0 Å². The van der Waals surface area contributed by atoms with Gasteiger partial charge in [-0.05, 0) is 19.3 Å². The molecular formula is C13H19BrN4O2. The van der Waals surface area contributed by atoms with Crippen LogP contribution in [0.4, 0.5) is 0 Å². The molecular weight excluding hydrogens is 324 g/mol. The van der Waals surface area contributed by atoms with Gasteiger partial charge < -0.3 is 4.57 Å². The molecule has 0 aliphatic heterocycles. The van der Waals surface area contributed by atoms with E-state index in [0.29, 0.717) is 17.7 Å². The Hall–Kier alpha value is -1.37. The number of fused-ring (bicyclic) bond motifs is 1. The van der Waals surface area contributed by atoms with Crippen molar-refractivity contribution >= 4 is 27.1 Å². The predicted octanol–water partition coefficient (Wildman–Crippen LogP) is 1.48. The van der Waals surface area contributed by atoms with Crippen LogP contribution in [0, 0.1) is 0 Å². The first-order valence-electron chi connectivity index (χ1n) is 6.82. The van der Waals surface area contributed by atoms with E-state index >= 15 is 0 Å². The molecule has 110 valence electrons. The second-order valence-corrected chi connectivity index (χ2v) is 5.60. The third kappa shape index (κ3) is 2.59. The molecule has 2 aromatic rings. The Balaban J connectivity index is 2.60. The summed E-state index contributed by atoms with van der Waals surface area (Å²) in [5.74, 6) is 0. The SMILES string of the molecule is CCCn1cnc2c1c(=O)n(CCCCBr)c(=O)n2C. The molecule has 0 fully saturated rings. The topological polar surface area (TPSA) is 61.8 Å². The number of halogens is 1. The van der Waals surface area contributed by atoms with Crippen LogP contribution in [0.15, 0.2) is 15.9 Å². The lowest BCUT2D eigenvalue weighted by atomic mass is 10.3. The molecule has 0 spiro atoms. The molecule has 6 nitrogen and oxygen atoms in total. The van der Waals surface area contributed by atoms with Crippen LogP contribution in [0.2, 0.25) is 0 Å². The molecule has 0 aliphatic rings. The largest absolute Gasteiger partial charge is 0.332 e. The molecule has 0 N–H and O–H groups in total. The first-order chi connectivity index (χ1) is 9.61. The van der Waals surface area contributed by atoms with Crippen molar-refractivity contribution in [2.45, 2.75) is 39.3 Å². The summed E-state index contributed by atoms with van der Waals surface area (Å²) >= 11 is 3.36. The molecule has 2 heterocycles. The number of aryl methyl sites for hydroxylation is 2. The molecule has 0 bridgehead atoms. The van der Waals surface area contributed by atoms with Crippen molar-refractivity contribution in [2.24, 2.45) is 7.05 Å². The van der Waals surface area contributed by atoms with Gasteiger partial charge in [0.15, 0.2) is 11.2 Å². The average Bonchev–Trinajstić information content (AvgIpc) is 2.85. The van der Waals surface area contributed by atoms with E-state index in [1.54, 1.807) is 13.4 Å². The van der Waals surface area contributed by atoms with E-state index in [1.165, 1.54) is 9.13 Å². The quantitative estimate of drug-likeness (QED) is 0.590. The van der Waals surface area contributed by atoms with Gasteiger partial charge in [-0.1, -0.05) is 22.9 Å². The van der Waals surface area contributed by atoms with Crippen LogP contribution in [-0.2, 0) is 20.1 Å². The minimum atomic E-state index is -0.293. The van der Waals surface area contributed by atoms with Crippen molar-refractivity contribution in [3.63, 3.8) is 0 Å². The highest BCUT2D eigenvalue weighted by Crippen LogP contribution is 2.06. The number of hydrogen-bond donors (Lipinski definition) is 0. The molecule has 20 heavy (non-hydrogen) atoms. The fourth-order valence-corrected chi connectivity index (χ4v) is 2.69. The lowest BCUT2D eigenvalue weighted by Gasteiger charge is -2.09. The van der Waals surface area contributed by atoms with Crippen LogP contribution < -0.4 is 11.2 Å². The van der Waals surface area contributed by atoms with E-state index in [4.69, 9.17) is 0 Å². The van der Waals surface area contributed by atoms with E-state index in [2.05, 4.69) is 20.9 Å². The summed E-state index contributed by atoms with van der Waals surface area (Å²) in [7, 11) is 1.66. The zero-order chi connectivity index (χ0) is 14.7. The van der Waals surface area contributed by atoms with Crippen molar-refractivity contribution in [3.8, 4) is 0 Å². The third-order valence-electron chi connectivity index (χ3n) is 3.33. The Morgan fingerprint density at radius 2 is 2.00 bits per heavy atom. The van der Waals surface area contributed by atoms with E-state index in [-0.39, 0.29) is 11.2 Å². The van der Waals surface area contributed by atoms with Gasteiger partial charge in [-0.25, -0.2) is 9.78 Å². The monoisotopic (exact) mass is 342 g/mol. The van der Waals surface area contributed by atoms with Gasteiger partial charge in [0.05, 0.1) is 6.33 Å². The number of nitrogens with zero attached hydrogens (tertiary/aromatic N) is 4. The molecule has 2 aromatic heterocycles. The second-order valence-electron chi connectivity index (χ2n) is 4.80. The van der Waals surface area contributed by atoms with Crippen LogP contribution in [0.1, 0.15) is 26.2 Å². The van der Waals surface area contributed by atoms with Crippen LogP contribution in [0.25, 0.3) is 11.2 Å². The third-order valence-corrected chi connectivity index (χ3v) is 3.89. The summed E-state index contributed by atoms with van der Waals surface area (Å²) < 4.78 is 4.61. The Morgan fingerprint density at radius 3 is 2.65 bits per heavy atom. The Labute approximate surface area is 125 Å². The highest BCUT2D eigenvalue weighted by atomic mass is 79.9. The Kier molecular flexibility index (Phi) is 4.80. The van der Waals surface area contributed by atoms with Crippen molar-refractivity contribution < 1.29 is 0 Å². The summed E-state index contributed by atoms with van der Waals surface area (Å²) in [6, 6.07) is 0. The fraction of sp³-hybridized carbons (Fsp3) is 0.615. The van der Waals surface area contributed by atoms with Crippen LogP contribution >= 0.6 is 15.9 Å². The molecule has 7 heteroatoms. The maximum absolute atomic E-state index is 12.5. The average molecular weight is 343 g/mol. The Bertz CT molecular complexity index is 713. The lowest BCUT2D eigenvalue weighted by molar-refractivity contribution is 0.566. The number of aromatic nitrogens is 4. The zero-order valence-electron chi connectivity index (χ0n) is 11.8. The highest BCUT2D eigenvalue weighted by molar-refractivity contribution is 9.09. The van der Waals surface area contributed by atoms with Gasteiger partial charge in [-0.3, -0.25) is 13.9 Å². The van der Waals surface area contributed by atoms with E-state index in [0.717, 1.165) is 31.1 Å². The maximum Gasteiger partial charge on any atom is 0.332 e. The minimum absolute atomic E-state index is 0.233. The van der Waals surface area contributed by atoms with Gasteiger partial charge in [0.1, 0.15) is 0 Å². The number of hydrogen-bond acceptors (Lipinski definition) is 3. The molecule has 0 aliphatic carbocycles. The normalized spacial score (nSPS) is 11.3. The van der Waals surface area contributed by atoms with E-state index in [1.807, 2.05) is 11.5 Å². The maximum atomic E-state index is 12.5. The van der Waals surface area contributed by atoms with Crippen LogP contribution in [0.3, 0.4) is 0 Å². The number of alkyl halides is 1. The van der Waals surface area contributed by atoms with Crippen molar-refractivity contribution in [2.75, 3.05) is 5.33 Å². The fourth-order valence-electron chi connectivity index (χ4n) is 2.29. The van der Waals surface area contributed by atoms with Gasteiger partial charge in [-0.2, -0.15) is 0 Å². The summed E-state index contributed by atoms with van der Waals surface area (Å²) in [6.45, 7) is 3.22. The minimum Gasteiger partial charge on any atom is -0.325 e. The molecule has 0 radical (unpaired) electrons. The zero-order valence-corrected chi connectivity index (χ0v) is 13.4. The second kappa shape index (κ2) is 6.39. The molecule has 0 amide bonds. The molecule has 0 saturated heterocycles. The molecule has 0 saturated carbocycles. The first kappa shape index (κ1) is 15.0. The van der Waals surface area contributed by atoms with E-state index in [9.17, 15) is 9.59 Å². The Morgan fingerprint density at radius 1 is 1.25 bits per heavy atom. The van der Waals surface area contributed by atoms with Crippen molar-refractivity contribution in [1.82, 2.24) is 18.7 Å². The highest BCUT2D eigenvalue weighted by Gasteiger charge is 2.15. The summed E-state index contributed by atoms with van der Waals surface area (Å²) in [4.78, 5) is 29.0. The first-order valence-corrected chi connectivity index (χ1v) is 7.94. The smallest absolute Gasteiger partial charge is 0.325 e. The van der Waals surface area contributed by atoms with Crippen molar-refractivity contribution in [3.05, 3.63) is 27.2 Å². The van der Waals surface area contributed by atoms with E-state index < -0.39 is 0 Å². The van der Waals surface area contributed by atoms with Gasteiger partial charge in [0.25, 0.3) is 5.56 Å².